The number of rotatable bonds is 5. The van der Waals surface area contributed by atoms with Crippen LogP contribution in [-0.4, -0.2) is 50.0 Å². The highest BCUT2D eigenvalue weighted by molar-refractivity contribution is 14.0. The van der Waals surface area contributed by atoms with Crippen molar-refractivity contribution in [1.29, 1.82) is 0 Å². The number of fused-ring (bicyclic) bond motifs is 1. The summed E-state index contributed by atoms with van der Waals surface area (Å²) in [5.74, 6) is 1.51. The molecule has 1 heterocycles. The number of hydrogen-bond donors (Lipinski definition) is 3. The molecule has 3 atom stereocenters. The minimum Gasteiger partial charge on any atom is -0.396 e. The van der Waals surface area contributed by atoms with Gasteiger partial charge in [-0.3, -0.25) is 4.99 Å². The first kappa shape index (κ1) is 22.2. The molecule has 0 aromatic carbocycles. The van der Waals surface area contributed by atoms with E-state index in [0.717, 1.165) is 25.5 Å². The Bertz CT molecular complexity index is 472. The van der Waals surface area contributed by atoms with E-state index in [0.29, 0.717) is 18.1 Å². The Kier molecular flexibility index (Phi) is 8.04. The van der Waals surface area contributed by atoms with Gasteiger partial charge < -0.3 is 20.5 Å². The first-order valence-electron chi connectivity index (χ1n) is 10.2. The molecular formula is C20H38IN3O2. The molecule has 5 nitrogen and oxygen atoms in total. The Labute approximate surface area is 176 Å². The lowest BCUT2D eigenvalue weighted by Gasteiger charge is -2.60. The topological polar surface area (TPSA) is 65.9 Å². The number of aliphatic hydroxyl groups is 1. The van der Waals surface area contributed by atoms with Gasteiger partial charge >= 0.3 is 0 Å². The molecule has 0 amide bonds. The summed E-state index contributed by atoms with van der Waals surface area (Å²) in [7, 11) is 1.86. The van der Waals surface area contributed by atoms with Crippen LogP contribution in [0.15, 0.2) is 4.99 Å². The van der Waals surface area contributed by atoms with Crippen LogP contribution in [0, 0.1) is 16.7 Å². The van der Waals surface area contributed by atoms with Crippen molar-refractivity contribution in [2.24, 2.45) is 21.7 Å². The van der Waals surface area contributed by atoms with Gasteiger partial charge in [-0.25, -0.2) is 0 Å². The molecule has 2 aliphatic carbocycles. The van der Waals surface area contributed by atoms with Crippen LogP contribution in [0.25, 0.3) is 0 Å². The average Bonchev–Trinajstić information content (AvgIpc) is 2.63. The number of aliphatic hydroxyl groups excluding tert-OH is 1. The van der Waals surface area contributed by atoms with Gasteiger partial charge in [0.05, 0.1) is 6.10 Å². The largest absolute Gasteiger partial charge is 0.396 e. The van der Waals surface area contributed by atoms with Crippen molar-refractivity contribution in [3.05, 3.63) is 0 Å². The maximum Gasteiger partial charge on any atom is 0.191 e. The summed E-state index contributed by atoms with van der Waals surface area (Å²) >= 11 is 0. The molecule has 0 spiro atoms. The number of ether oxygens (including phenoxy) is 1. The van der Waals surface area contributed by atoms with E-state index < -0.39 is 0 Å². The van der Waals surface area contributed by atoms with Gasteiger partial charge in [0.25, 0.3) is 0 Å². The van der Waals surface area contributed by atoms with Crippen LogP contribution in [0.1, 0.15) is 65.2 Å². The van der Waals surface area contributed by atoms with Crippen LogP contribution in [0.4, 0.5) is 0 Å². The number of aliphatic imine (C=N–C) groups is 1. The van der Waals surface area contributed by atoms with Gasteiger partial charge in [0.1, 0.15) is 0 Å². The van der Waals surface area contributed by atoms with E-state index in [4.69, 9.17) is 4.74 Å². The van der Waals surface area contributed by atoms with Gasteiger partial charge in [-0.1, -0.05) is 33.1 Å². The molecule has 0 aromatic rings. The van der Waals surface area contributed by atoms with E-state index in [1.165, 1.54) is 44.9 Å². The third-order valence-electron chi connectivity index (χ3n) is 7.03. The Morgan fingerprint density at radius 3 is 2.58 bits per heavy atom. The van der Waals surface area contributed by atoms with Gasteiger partial charge in [-0.15, -0.1) is 24.0 Å². The molecular weight excluding hydrogens is 441 g/mol. The standard InChI is InChI=1S/C20H37N3O2.HI/c1-19(2)16(15-8-7-13-25-17(15)19)23-18(21-3)22-14-20(11-12-24)9-5-4-6-10-20;/h15-17,24H,4-14H2,1-3H3,(H2,21,22,23);1H. The molecule has 2 saturated carbocycles. The van der Waals surface area contributed by atoms with Crippen molar-refractivity contribution in [2.45, 2.75) is 77.4 Å². The predicted octanol–water partition coefficient (Wildman–Crippen LogP) is 3.31. The average molecular weight is 479 g/mol. The fourth-order valence-electron chi connectivity index (χ4n) is 5.48. The van der Waals surface area contributed by atoms with E-state index in [1.54, 1.807) is 0 Å². The van der Waals surface area contributed by atoms with Crippen LogP contribution in [0.2, 0.25) is 0 Å². The van der Waals surface area contributed by atoms with E-state index in [9.17, 15) is 5.11 Å². The Morgan fingerprint density at radius 2 is 1.92 bits per heavy atom. The molecule has 3 unspecified atom stereocenters. The molecule has 0 aromatic heterocycles. The zero-order chi connectivity index (χ0) is 17.9. The molecule has 1 aliphatic heterocycles. The quantitative estimate of drug-likeness (QED) is 0.322. The maximum atomic E-state index is 9.51. The summed E-state index contributed by atoms with van der Waals surface area (Å²) in [5.41, 5.74) is 0.382. The van der Waals surface area contributed by atoms with Crippen molar-refractivity contribution in [2.75, 3.05) is 26.8 Å². The predicted molar refractivity (Wildman–Crippen MR) is 117 cm³/mol. The van der Waals surface area contributed by atoms with E-state index in [1.807, 2.05) is 7.05 Å². The molecule has 152 valence electrons. The Morgan fingerprint density at radius 1 is 1.19 bits per heavy atom. The first-order chi connectivity index (χ1) is 12.0. The lowest BCUT2D eigenvalue weighted by atomic mass is 9.55. The van der Waals surface area contributed by atoms with Crippen LogP contribution < -0.4 is 10.6 Å². The van der Waals surface area contributed by atoms with Crippen molar-refractivity contribution < 1.29 is 9.84 Å². The normalized spacial score (nSPS) is 32.6. The molecule has 0 radical (unpaired) electrons. The zero-order valence-electron chi connectivity index (χ0n) is 16.7. The number of nitrogens with zero attached hydrogens (tertiary/aromatic N) is 1. The molecule has 0 bridgehead atoms. The molecule has 3 aliphatic rings. The second-order valence-corrected chi connectivity index (χ2v) is 9.00. The fourth-order valence-corrected chi connectivity index (χ4v) is 5.48. The minimum absolute atomic E-state index is 0. The Balaban J connectivity index is 0.00000243. The van der Waals surface area contributed by atoms with Crippen LogP contribution in [0.3, 0.4) is 0 Å². The zero-order valence-corrected chi connectivity index (χ0v) is 19.1. The van der Waals surface area contributed by atoms with E-state index >= 15 is 0 Å². The number of halogens is 1. The number of nitrogens with one attached hydrogen (secondary N) is 2. The fraction of sp³-hybridized carbons (Fsp3) is 0.950. The molecule has 26 heavy (non-hydrogen) atoms. The van der Waals surface area contributed by atoms with Crippen LogP contribution in [-0.2, 0) is 4.74 Å². The highest BCUT2D eigenvalue weighted by Crippen LogP contribution is 2.51. The smallest absolute Gasteiger partial charge is 0.191 e. The third kappa shape index (κ3) is 4.49. The van der Waals surface area contributed by atoms with Gasteiger partial charge in [0.2, 0.25) is 0 Å². The lowest BCUT2D eigenvalue weighted by molar-refractivity contribution is -0.188. The van der Waals surface area contributed by atoms with Gasteiger partial charge in [0, 0.05) is 44.2 Å². The highest BCUT2D eigenvalue weighted by Gasteiger charge is 2.58. The summed E-state index contributed by atoms with van der Waals surface area (Å²) in [6.07, 6.45) is 10.0. The second kappa shape index (κ2) is 9.41. The highest BCUT2D eigenvalue weighted by atomic mass is 127. The van der Waals surface area contributed by atoms with Crippen molar-refractivity contribution in [1.82, 2.24) is 10.6 Å². The summed E-state index contributed by atoms with van der Waals surface area (Å²) in [6.45, 7) is 6.71. The third-order valence-corrected chi connectivity index (χ3v) is 7.03. The first-order valence-corrected chi connectivity index (χ1v) is 10.2. The summed E-state index contributed by atoms with van der Waals surface area (Å²) in [5, 5.41) is 16.8. The number of hydrogen-bond acceptors (Lipinski definition) is 3. The van der Waals surface area contributed by atoms with Crippen LogP contribution in [0.5, 0.6) is 0 Å². The number of guanidine groups is 1. The maximum absolute atomic E-state index is 9.51. The second-order valence-electron chi connectivity index (χ2n) is 9.00. The summed E-state index contributed by atoms with van der Waals surface area (Å²) in [4.78, 5) is 4.48. The minimum atomic E-state index is 0. The van der Waals surface area contributed by atoms with E-state index in [2.05, 4.69) is 29.5 Å². The van der Waals surface area contributed by atoms with Crippen molar-refractivity contribution >= 4 is 29.9 Å². The van der Waals surface area contributed by atoms with Gasteiger partial charge in [-0.05, 0) is 37.5 Å². The van der Waals surface area contributed by atoms with E-state index in [-0.39, 0.29) is 41.4 Å². The van der Waals surface area contributed by atoms with Crippen molar-refractivity contribution in [3.8, 4) is 0 Å². The van der Waals surface area contributed by atoms with Crippen molar-refractivity contribution in [3.63, 3.8) is 0 Å². The molecule has 3 N–H and O–H groups in total. The van der Waals surface area contributed by atoms with Crippen LogP contribution >= 0.6 is 24.0 Å². The summed E-state index contributed by atoms with van der Waals surface area (Å²) < 4.78 is 6.01. The summed E-state index contributed by atoms with van der Waals surface area (Å²) in [6, 6.07) is 0.421. The molecule has 1 saturated heterocycles. The molecule has 6 heteroatoms. The molecule has 3 fully saturated rings. The SMILES string of the molecule is CN=C(NCC1(CCO)CCCCC1)NC1C2CCCOC2C1(C)C.I. The monoisotopic (exact) mass is 479 g/mol. The molecule has 3 rings (SSSR count). The lowest BCUT2D eigenvalue weighted by Crippen LogP contribution is -2.71. The van der Waals surface area contributed by atoms with Gasteiger partial charge in [-0.2, -0.15) is 0 Å². The Hall–Kier alpha value is -0.0800. The van der Waals surface area contributed by atoms with Gasteiger partial charge in [0.15, 0.2) is 5.96 Å².